The predicted molar refractivity (Wildman–Crippen MR) is 73.6 cm³/mol. The second-order valence-corrected chi connectivity index (χ2v) is 3.96. The monoisotopic (exact) mass is 274 g/mol. The maximum atomic E-state index is 10.9. The lowest BCUT2D eigenvalue weighted by Gasteiger charge is -2.08. The largest absolute Gasteiger partial charge is 0.494 e. The van der Waals surface area contributed by atoms with Gasteiger partial charge in [-0.2, -0.15) is 0 Å². The highest BCUT2D eigenvalue weighted by atomic mass is 16.6. The molecule has 1 heterocycles. The van der Waals surface area contributed by atoms with Crippen LogP contribution in [0.1, 0.15) is 12.6 Å². The number of nitro benzene ring substituents is 1. The highest BCUT2D eigenvalue weighted by Gasteiger charge is 2.10. The van der Waals surface area contributed by atoms with Gasteiger partial charge in [0.2, 0.25) is 0 Å². The Hall–Kier alpha value is -2.70. The van der Waals surface area contributed by atoms with Crippen LogP contribution < -0.4 is 10.1 Å². The molecule has 0 saturated heterocycles. The van der Waals surface area contributed by atoms with Crippen LogP contribution in [0.2, 0.25) is 0 Å². The molecule has 7 heteroatoms. The predicted octanol–water partition coefficient (Wildman–Crippen LogP) is 2.40. The fourth-order valence-electron chi connectivity index (χ4n) is 1.66. The number of nitrogens with one attached hydrogen (secondary N) is 1. The van der Waals surface area contributed by atoms with Gasteiger partial charge in [0, 0.05) is 24.0 Å². The van der Waals surface area contributed by atoms with Crippen LogP contribution in [-0.4, -0.2) is 21.5 Å². The first-order valence-corrected chi connectivity index (χ1v) is 6.10. The summed E-state index contributed by atoms with van der Waals surface area (Å²) in [5.74, 6) is 0.465. The number of benzene rings is 1. The summed E-state index contributed by atoms with van der Waals surface area (Å²) in [7, 11) is 0. The highest BCUT2D eigenvalue weighted by Crippen LogP contribution is 2.26. The van der Waals surface area contributed by atoms with E-state index in [-0.39, 0.29) is 5.69 Å². The number of anilines is 1. The van der Waals surface area contributed by atoms with E-state index < -0.39 is 4.92 Å². The van der Waals surface area contributed by atoms with Gasteiger partial charge < -0.3 is 10.1 Å². The van der Waals surface area contributed by atoms with Gasteiger partial charge in [-0.3, -0.25) is 10.1 Å². The normalized spacial score (nSPS) is 10.1. The first kappa shape index (κ1) is 13.7. The quantitative estimate of drug-likeness (QED) is 0.642. The van der Waals surface area contributed by atoms with E-state index in [9.17, 15) is 10.1 Å². The van der Waals surface area contributed by atoms with E-state index in [0.717, 1.165) is 5.69 Å². The van der Waals surface area contributed by atoms with E-state index in [2.05, 4.69) is 15.3 Å². The third-order valence-corrected chi connectivity index (χ3v) is 2.53. The van der Waals surface area contributed by atoms with Gasteiger partial charge in [-0.25, -0.2) is 9.97 Å². The van der Waals surface area contributed by atoms with E-state index in [4.69, 9.17) is 4.74 Å². The fourth-order valence-corrected chi connectivity index (χ4v) is 1.66. The Balaban J connectivity index is 2.15. The minimum absolute atomic E-state index is 0.0128. The minimum Gasteiger partial charge on any atom is -0.494 e. The number of ether oxygens (including phenoxy) is 1. The molecule has 1 aromatic heterocycles. The lowest BCUT2D eigenvalue weighted by atomic mass is 10.2. The highest BCUT2D eigenvalue weighted by molar-refractivity contribution is 5.56. The average molecular weight is 274 g/mol. The number of hydrogen-bond donors (Lipinski definition) is 1. The summed E-state index contributed by atoms with van der Waals surface area (Å²) in [5.41, 5.74) is 1.40. The minimum atomic E-state index is -0.446. The molecule has 20 heavy (non-hydrogen) atoms. The van der Waals surface area contributed by atoms with Crippen molar-refractivity contribution in [2.75, 3.05) is 11.9 Å². The number of rotatable bonds is 6. The first-order valence-electron chi connectivity index (χ1n) is 6.10. The van der Waals surface area contributed by atoms with Gasteiger partial charge in [-0.05, 0) is 13.0 Å². The van der Waals surface area contributed by atoms with E-state index in [1.54, 1.807) is 18.3 Å². The molecule has 0 aliphatic rings. The van der Waals surface area contributed by atoms with Gasteiger partial charge in [-0.15, -0.1) is 0 Å². The lowest BCUT2D eigenvalue weighted by Crippen LogP contribution is -2.03. The Morgan fingerprint density at radius 1 is 1.40 bits per heavy atom. The zero-order chi connectivity index (χ0) is 14.4. The summed E-state index contributed by atoms with van der Waals surface area (Å²) < 4.78 is 5.32. The number of aromatic nitrogens is 2. The van der Waals surface area contributed by atoms with Crippen LogP contribution in [0.25, 0.3) is 0 Å². The Kier molecular flexibility index (Phi) is 4.43. The first-order chi connectivity index (χ1) is 9.69. The smallest absolute Gasteiger partial charge is 0.275 e. The number of non-ortho nitro benzene ring substituents is 1. The van der Waals surface area contributed by atoms with Gasteiger partial charge in [0.1, 0.15) is 12.1 Å². The molecule has 0 atom stereocenters. The van der Waals surface area contributed by atoms with Crippen LogP contribution in [0.4, 0.5) is 11.4 Å². The van der Waals surface area contributed by atoms with Crippen LogP contribution in [0, 0.1) is 10.1 Å². The summed E-state index contributed by atoms with van der Waals surface area (Å²) in [4.78, 5) is 18.3. The van der Waals surface area contributed by atoms with Gasteiger partial charge >= 0.3 is 0 Å². The van der Waals surface area contributed by atoms with Crippen molar-refractivity contribution in [3.05, 3.63) is 52.6 Å². The molecule has 0 bridgehead atoms. The van der Waals surface area contributed by atoms with Crippen LogP contribution >= 0.6 is 0 Å². The number of hydrogen-bond acceptors (Lipinski definition) is 6. The lowest BCUT2D eigenvalue weighted by molar-refractivity contribution is -0.384. The van der Waals surface area contributed by atoms with Crippen molar-refractivity contribution in [1.29, 1.82) is 0 Å². The van der Waals surface area contributed by atoms with E-state index in [1.165, 1.54) is 18.5 Å². The van der Waals surface area contributed by atoms with Crippen LogP contribution in [0.3, 0.4) is 0 Å². The molecule has 7 nitrogen and oxygen atoms in total. The van der Waals surface area contributed by atoms with E-state index in [0.29, 0.717) is 24.6 Å². The second kappa shape index (κ2) is 6.46. The molecule has 0 aliphatic carbocycles. The Labute approximate surface area is 115 Å². The molecular weight excluding hydrogens is 260 g/mol. The number of nitrogens with zero attached hydrogens (tertiary/aromatic N) is 3. The zero-order valence-corrected chi connectivity index (χ0v) is 10.9. The van der Waals surface area contributed by atoms with Gasteiger partial charge in [0.25, 0.3) is 5.69 Å². The van der Waals surface area contributed by atoms with E-state index >= 15 is 0 Å². The van der Waals surface area contributed by atoms with Crippen molar-refractivity contribution in [1.82, 2.24) is 9.97 Å². The molecule has 2 rings (SSSR count). The second-order valence-electron chi connectivity index (χ2n) is 3.96. The van der Waals surface area contributed by atoms with Gasteiger partial charge in [-0.1, -0.05) is 0 Å². The standard InChI is InChI=1S/C13H14N4O3/c1-2-20-13-6-11(5-12(7-13)17(18)19)15-8-10-3-4-14-9-16-10/h3-7,9,15H,2,8H2,1H3. The van der Waals surface area contributed by atoms with Crippen LogP contribution in [0.5, 0.6) is 5.75 Å². The fraction of sp³-hybridized carbons (Fsp3) is 0.231. The molecule has 104 valence electrons. The van der Waals surface area contributed by atoms with Crippen molar-refractivity contribution in [3.8, 4) is 5.75 Å². The zero-order valence-electron chi connectivity index (χ0n) is 10.9. The van der Waals surface area contributed by atoms with Crippen LogP contribution in [0.15, 0.2) is 36.8 Å². The van der Waals surface area contributed by atoms with Crippen molar-refractivity contribution in [3.63, 3.8) is 0 Å². The topological polar surface area (TPSA) is 90.2 Å². The molecular formula is C13H14N4O3. The Bertz CT molecular complexity index is 589. The Morgan fingerprint density at radius 3 is 2.90 bits per heavy atom. The molecule has 1 aromatic carbocycles. The average Bonchev–Trinajstić information content (AvgIpc) is 2.46. The third-order valence-electron chi connectivity index (χ3n) is 2.53. The van der Waals surface area contributed by atoms with Crippen molar-refractivity contribution in [2.24, 2.45) is 0 Å². The van der Waals surface area contributed by atoms with Gasteiger partial charge in [0.15, 0.2) is 0 Å². The maximum Gasteiger partial charge on any atom is 0.275 e. The molecule has 2 aromatic rings. The molecule has 0 fully saturated rings. The van der Waals surface area contributed by atoms with Gasteiger partial charge in [0.05, 0.1) is 29.8 Å². The molecule has 0 amide bonds. The maximum absolute atomic E-state index is 10.9. The molecule has 0 aliphatic heterocycles. The Morgan fingerprint density at radius 2 is 2.25 bits per heavy atom. The molecule has 0 spiro atoms. The van der Waals surface area contributed by atoms with E-state index in [1.807, 2.05) is 6.92 Å². The molecule has 0 unspecified atom stereocenters. The van der Waals surface area contributed by atoms with Crippen molar-refractivity contribution < 1.29 is 9.66 Å². The van der Waals surface area contributed by atoms with Crippen LogP contribution in [-0.2, 0) is 6.54 Å². The summed E-state index contributed by atoms with van der Waals surface area (Å²) in [6.45, 7) is 2.73. The summed E-state index contributed by atoms with van der Waals surface area (Å²) in [5, 5.41) is 14.0. The van der Waals surface area contributed by atoms with Crippen molar-refractivity contribution in [2.45, 2.75) is 13.5 Å². The van der Waals surface area contributed by atoms with Crippen molar-refractivity contribution >= 4 is 11.4 Å². The molecule has 1 N–H and O–H groups in total. The SMILES string of the molecule is CCOc1cc(NCc2ccncn2)cc([N+](=O)[O-])c1. The number of nitro groups is 1. The molecule has 0 saturated carbocycles. The summed E-state index contributed by atoms with van der Waals surface area (Å²) in [6.07, 6.45) is 3.10. The third kappa shape index (κ3) is 3.64. The summed E-state index contributed by atoms with van der Waals surface area (Å²) in [6, 6.07) is 6.36. The molecule has 0 radical (unpaired) electrons. The summed E-state index contributed by atoms with van der Waals surface area (Å²) >= 11 is 0.